The molecule has 1 aromatic rings. The van der Waals surface area contributed by atoms with Gasteiger partial charge in [-0.15, -0.1) is 0 Å². The van der Waals surface area contributed by atoms with Gasteiger partial charge in [0.1, 0.15) is 11.5 Å². The minimum atomic E-state index is -1.80. The second kappa shape index (κ2) is 5.98. The lowest BCUT2D eigenvalue weighted by molar-refractivity contribution is -0.152. The van der Waals surface area contributed by atoms with Gasteiger partial charge in [-0.3, -0.25) is 14.4 Å². The van der Waals surface area contributed by atoms with E-state index in [2.05, 4.69) is 5.32 Å². The van der Waals surface area contributed by atoms with E-state index in [1.165, 1.54) is 0 Å². The third kappa shape index (κ3) is 2.84. The van der Waals surface area contributed by atoms with Crippen LogP contribution in [0.1, 0.15) is 12.0 Å². The average molecular weight is 304 g/mol. The molecule has 1 heterocycles. The van der Waals surface area contributed by atoms with Crippen molar-refractivity contribution in [2.75, 3.05) is 6.54 Å². The van der Waals surface area contributed by atoms with E-state index in [4.69, 9.17) is 10.8 Å². The zero-order valence-corrected chi connectivity index (χ0v) is 11.7. The molecule has 1 aromatic carbocycles. The minimum Gasteiger partial charge on any atom is -0.480 e. The molecular formula is C15H16N2O5. The van der Waals surface area contributed by atoms with E-state index in [-0.39, 0.29) is 18.7 Å². The Morgan fingerprint density at radius 2 is 1.86 bits per heavy atom. The molecule has 1 aliphatic rings. The van der Waals surface area contributed by atoms with E-state index in [1.807, 2.05) is 0 Å². The minimum absolute atomic E-state index is 0.144. The number of hydrogen-bond acceptors (Lipinski definition) is 5. The molecule has 0 saturated carbocycles. The number of nitrogens with one attached hydrogen (secondary N) is 1. The van der Waals surface area contributed by atoms with E-state index >= 15 is 0 Å². The fourth-order valence-electron chi connectivity index (χ4n) is 2.41. The van der Waals surface area contributed by atoms with Crippen molar-refractivity contribution in [1.82, 2.24) is 5.32 Å². The molecule has 22 heavy (non-hydrogen) atoms. The molecule has 0 aliphatic carbocycles. The molecule has 116 valence electrons. The first-order chi connectivity index (χ1) is 10.4. The number of aliphatic carboxylic acids is 2. The van der Waals surface area contributed by atoms with Gasteiger partial charge in [-0.05, 0) is 12.0 Å². The third-order valence-electron chi connectivity index (χ3n) is 3.78. The molecule has 1 saturated heterocycles. The molecule has 7 nitrogen and oxygen atoms in total. The van der Waals surface area contributed by atoms with Crippen LogP contribution < -0.4 is 11.1 Å². The molecule has 0 unspecified atom stereocenters. The molecule has 0 radical (unpaired) electrons. The van der Waals surface area contributed by atoms with Gasteiger partial charge in [0.05, 0.1) is 0 Å². The highest BCUT2D eigenvalue weighted by atomic mass is 16.4. The van der Waals surface area contributed by atoms with Gasteiger partial charge in [-0.25, -0.2) is 0 Å². The average Bonchev–Trinajstić information content (AvgIpc) is 2.95. The quantitative estimate of drug-likeness (QED) is 0.447. The Morgan fingerprint density at radius 3 is 2.36 bits per heavy atom. The number of benzene rings is 1. The van der Waals surface area contributed by atoms with Crippen molar-refractivity contribution in [1.29, 1.82) is 0 Å². The summed E-state index contributed by atoms with van der Waals surface area (Å²) >= 11 is 0. The highest BCUT2D eigenvalue weighted by molar-refractivity contribution is 6.12. The summed E-state index contributed by atoms with van der Waals surface area (Å²) in [5.74, 6) is -3.25. The molecule has 1 aliphatic heterocycles. The van der Waals surface area contributed by atoms with Gasteiger partial charge in [-0.2, -0.15) is 0 Å². The molecular weight excluding hydrogens is 288 g/mol. The number of carbonyl (C=O) groups excluding carboxylic acids is 1. The van der Waals surface area contributed by atoms with Crippen LogP contribution in [0.4, 0.5) is 0 Å². The number of ketones is 1. The first-order valence-electron chi connectivity index (χ1n) is 6.63. The molecule has 2 atom stereocenters. The Morgan fingerprint density at radius 1 is 1.23 bits per heavy atom. The number of carbonyl (C=O) groups is 3. The van der Waals surface area contributed by atoms with Gasteiger partial charge in [0.25, 0.3) is 0 Å². The molecule has 1 fully saturated rings. The number of hydrogen-bond donors (Lipinski definition) is 4. The Bertz CT molecular complexity index is 641. The predicted molar refractivity (Wildman–Crippen MR) is 77.7 cm³/mol. The maximum Gasteiger partial charge on any atom is 0.320 e. The summed E-state index contributed by atoms with van der Waals surface area (Å²) in [6, 6.07) is 7.59. The zero-order valence-electron chi connectivity index (χ0n) is 11.7. The van der Waals surface area contributed by atoms with Gasteiger partial charge < -0.3 is 21.3 Å². The molecule has 5 N–H and O–H groups in total. The topological polar surface area (TPSA) is 130 Å². The van der Waals surface area contributed by atoms with Crippen LogP contribution in [0.15, 0.2) is 36.4 Å². The van der Waals surface area contributed by atoms with Crippen LogP contribution in [0.25, 0.3) is 5.70 Å². The van der Waals surface area contributed by atoms with Crippen LogP contribution in [-0.2, 0) is 14.4 Å². The van der Waals surface area contributed by atoms with Crippen molar-refractivity contribution in [3.8, 4) is 0 Å². The number of rotatable bonds is 5. The number of nitrogens with two attached hydrogens (primary N) is 1. The van der Waals surface area contributed by atoms with Crippen LogP contribution in [0.3, 0.4) is 0 Å². The van der Waals surface area contributed by atoms with Crippen LogP contribution >= 0.6 is 0 Å². The molecule has 0 bridgehead atoms. The fourth-order valence-corrected chi connectivity index (χ4v) is 2.41. The summed E-state index contributed by atoms with van der Waals surface area (Å²) in [6.45, 7) is -0.239. The van der Waals surface area contributed by atoms with E-state index in [0.29, 0.717) is 5.56 Å². The first kappa shape index (κ1) is 15.7. The number of allylic oxidation sites excluding steroid dienone is 1. The number of carboxylic acids is 2. The van der Waals surface area contributed by atoms with Crippen LogP contribution in [-0.4, -0.2) is 40.5 Å². The van der Waals surface area contributed by atoms with E-state index in [9.17, 15) is 19.5 Å². The molecule has 2 rings (SSSR count). The van der Waals surface area contributed by atoms with Crippen LogP contribution in [0.5, 0.6) is 0 Å². The Balaban J connectivity index is 2.29. The lowest BCUT2D eigenvalue weighted by Gasteiger charge is -2.19. The summed E-state index contributed by atoms with van der Waals surface area (Å²) in [5.41, 5.74) is 4.76. The molecule has 0 aromatic heterocycles. The summed E-state index contributed by atoms with van der Waals surface area (Å²) < 4.78 is 0. The van der Waals surface area contributed by atoms with E-state index < -0.39 is 29.2 Å². The van der Waals surface area contributed by atoms with Crippen molar-refractivity contribution < 1.29 is 24.6 Å². The summed E-state index contributed by atoms with van der Waals surface area (Å²) in [4.78, 5) is 34.9. The molecule has 0 amide bonds. The van der Waals surface area contributed by atoms with E-state index in [1.54, 1.807) is 30.3 Å². The molecule has 0 spiro atoms. The Kier molecular flexibility index (Phi) is 4.27. The summed E-state index contributed by atoms with van der Waals surface area (Å²) in [7, 11) is 0. The van der Waals surface area contributed by atoms with Crippen molar-refractivity contribution in [3.63, 3.8) is 0 Å². The third-order valence-corrected chi connectivity index (χ3v) is 3.78. The summed E-state index contributed by atoms with van der Waals surface area (Å²) in [6.07, 6.45) is 0.754. The number of carboxylic acid groups (broad SMARTS) is 2. The van der Waals surface area contributed by atoms with Crippen molar-refractivity contribution >= 4 is 23.4 Å². The van der Waals surface area contributed by atoms with Crippen molar-refractivity contribution in [2.24, 2.45) is 11.1 Å². The maximum absolute atomic E-state index is 12.4. The maximum atomic E-state index is 12.4. The Labute approximate surface area is 126 Å². The second-order valence-corrected chi connectivity index (χ2v) is 5.19. The lowest BCUT2D eigenvalue weighted by atomic mass is 9.80. The zero-order chi connectivity index (χ0) is 16.3. The highest BCUT2D eigenvalue weighted by Crippen LogP contribution is 2.32. The van der Waals surface area contributed by atoms with Crippen LogP contribution in [0, 0.1) is 5.41 Å². The first-order valence-corrected chi connectivity index (χ1v) is 6.63. The molecule has 7 heteroatoms. The largest absolute Gasteiger partial charge is 0.480 e. The van der Waals surface area contributed by atoms with Gasteiger partial charge in [0.15, 0.2) is 5.78 Å². The van der Waals surface area contributed by atoms with Gasteiger partial charge >= 0.3 is 11.9 Å². The van der Waals surface area contributed by atoms with E-state index in [0.717, 1.165) is 6.08 Å². The Hall–Kier alpha value is -2.67. The van der Waals surface area contributed by atoms with Gasteiger partial charge in [-0.1, -0.05) is 30.3 Å². The summed E-state index contributed by atoms with van der Waals surface area (Å²) in [5, 5.41) is 20.9. The second-order valence-electron chi connectivity index (χ2n) is 5.19. The fraction of sp³-hybridized carbons (Fsp3) is 0.267. The van der Waals surface area contributed by atoms with Crippen molar-refractivity contribution in [2.45, 2.75) is 12.5 Å². The standard InChI is InChI=1S/C15H16N2O5/c16-10(9-4-2-1-3-5-9)6-12(18)15(14(21)22)7-11(13(19)20)17-8-15/h1-6,11,17H,7-8,16H2,(H,19,20)(H,21,22)/t11-,15-/m1/s1. The monoisotopic (exact) mass is 304 g/mol. The van der Waals surface area contributed by atoms with Gasteiger partial charge in [0.2, 0.25) is 0 Å². The SMILES string of the molecule is NC(=CC(=O)[C@]1(C(=O)O)CN[C@@H](C(=O)O)C1)c1ccccc1. The normalized spacial score (nSPS) is 24.9. The van der Waals surface area contributed by atoms with Crippen molar-refractivity contribution in [3.05, 3.63) is 42.0 Å². The van der Waals surface area contributed by atoms with Gasteiger partial charge in [0, 0.05) is 18.3 Å². The smallest absolute Gasteiger partial charge is 0.320 e. The lowest BCUT2D eigenvalue weighted by Crippen LogP contribution is -2.40. The predicted octanol–water partition coefficient (Wildman–Crippen LogP) is 0.0728. The van der Waals surface area contributed by atoms with Crippen LogP contribution in [0.2, 0.25) is 0 Å². The highest BCUT2D eigenvalue weighted by Gasteiger charge is 2.52.